The maximum Gasteiger partial charge on any atom is 0.237 e. The number of Topliss-reactive ketones (excluding diaryl/α,β-unsaturated/α-hetero) is 1. The van der Waals surface area contributed by atoms with Gasteiger partial charge in [0.25, 0.3) is 0 Å². The van der Waals surface area contributed by atoms with Crippen molar-refractivity contribution >= 4 is 22.5 Å². The lowest BCUT2D eigenvalue weighted by Crippen LogP contribution is -2.22. The smallest absolute Gasteiger partial charge is 0.237 e. The van der Waals surface area contributed by atoms with Crippen LogP contribution in [-0.4, -0.2) is 27.4 Å². The molecule has 8 nitrogen and oxygen atoms in total. The molecule has 0 atom stereocenters. The molecule has 0 aliphatic carbocycles. The van der Waals surface area contributed by atoms with E-state index in [0.29, 0.717) is 39.1 Å². The summed E-state index contributed by atoms with van der Waals surface area (Å²) in [5, 5.41) is 0. The molecule has 0 amide bonds. The van der Waals surface area contributed by atoms with E-state index in [1.165, 1.54) is 62.0 Å². The molecule has 2 N–H and O–H groups in total. The fourth-order valence-electron chi connectivity index (χ4n) is 4.41. The van der Waals surface area contributed by atoms with Crippen molar-refractivity contribution in [3.63, 3.8) is 0 Å². The van der Waals surface area contributed by atoms with Crippen LogP contribution in [0.3, 0.4) is 0 Å². The van der Waals surface area contributed by atoms with Gasteiger partial charge in [-0.1, -0.05) is 18.2 Å². The summed E-state index contributed by atoms with van der Waals surface area (Å²) in [4.78, 5) is 35.0. The zero-order chi connectivity index (χ0) is 28.6. The van der Waals surface area contributed by atoms with E-state index in [4.69, 9.17) is 15.2 Å². The first-order chi connectivity index (χ1) is 19.2. The van der Waals surface area contributed by atoms with Gasteiger partial charge in [-0.3, -0.25) is 14.6 Å². The zero-order valence-corrected chi connectivity index (χ0v) is 21.9. The average molecular weight is 543 g/mol. The van der Waals surface area contributed by atoms with Gasteiger partial charge in [0.05, 0.1) is 23.9 Å². The topological polar surface area (TPSA) is 109 Å². The van der Waals surface area contributed by atoms with E-state index < -0.39 is 22.8 Å². The van der Waals surface area contributed by atoms with Crippen molar-refractivity contribution in [2.45, 2.75) is 13.3 Å². The SMILES string of the molecule is COc1nc2c(Oc3ccc(CC(=O)c4cn(C)c(C)c(-c5ccc(F)cc5)c4=O)cc3F)ccnc2cc1N. The minimum Gasteiger partial charge on any atom is -0.480 e. The molecule has 0 spiro atoms. The Labute approximate surface area is 227 Å². The van der Waals surface area contributed by atoms with Crippen LogP contribution in [0.2, 0.25) is 0 Å². The molecule has 0 fully saturated rings. The Morgan fingerprint density at radius 1 is 1.05 bits per heavy atom. The van der Waals surface area contributed by atoms with Crippen LogP contribution >= 0.6 is 0 Å². The number of halogens is 2. The molecule has 3 heterocycles. The van der Waals surface area contributed by atoms with Crippen LogP contribution in [0.5, 0.6) is 17.4 Å². The third-order valence-corrected chi connectivity index (χ3v) is 6.56. The zero-order valence-electron chi connectivity index (χ0n) is 21.9. The molecule has 3 aromatic heterocycles. The van der Waals surface area contributed by atoms with Gasteiger partial charge in [-0.15, -0.1) is 0 Å². The lowest BCUT2D eigenvalue weighted by Gasteiger charge is -2.14. The van der Waals surface area contributed by atoms with Crippen molar-refractivity contribution in [3.8, 4) is 28.5 Å². The first kappa shape index (κ1) is 26.5. The lowest BCUT2D eigenvalue weighted by atomic mass is 9.97. The van der Waals surface area contributed by atoms with Crippen LogP contribution in [0.25, 0.3) is 22.2 Å². The molecule has 0 radical (unpaired) electrons. The van der Waals surface area contributed by atoms with E-state index in [0.717, 1.165) is 0 Å². The van der Waals surface area contributed by atoms with Gasteiger partial charge in [0.1, 0.15) is 11.3 Å². The van der Waals surface area contributed by atoms with E-state index in [-0.39, 0.29) is 29.4 Å². The first-order valence-electron chi connectivity index (χ1n) is 12.2. The highest BCUT2D eigenvalue weighted by molar-refractivity contribution is 5.98. The van der Waals surface area contributed by atoms with E-state index in [1.807, 2.05) is 0 Å². The van der Waals surface area contributed by atoms with Crippen LogP contribution < -0.4 is 20.6 Å². The largest absolute Gasteiger partial charge is 0.480 e. The number of nitrogens with zero attached hydrogens (tertiary/aromatic N) is 3. The number of ketones is 1. The minimum atomic E-state index is -0.707. The molecule has 0 saturated heterocycles. The molecule has 0 saturated carbocycles. The van der Waals surface area contributed by atoms with Crippen molar-refractivity contribution in [2.24, 2.45) is 7.05 Å². The summed E-state index contributed by atoms with van der Waals surface area (Å²) < 4.78 is 41.2. The maximum absolute atomic E-state index is 15.1. The predicted octanol–water partition coefficient (Wildman–Crippen LogP) is 5.39. The van der Waals surface area contributed by atoms with E-state index in [1.54, 1.807) is 30.7 Å². The second-order valence-electron chi connectivity index (χ2n) is 9.18. The van der Waals surface area contributed by atoms with E-state index >= 15 is 4.39 Å². The molecule has 0 aliphatic rings. The minimum absolute atomic E-state index is 0.0456. The summed E-state index contributed by atoms with van der Waals surface area (Å²) in [6, 6.07) is 12.7. The number of benzene rings is 2. The fourth-order valence-corrected chi connectivity index (χ4v) is 4.41. The average Bonchev–Trinajstić information content (AvgIpc) is 2.93. The first-order valence-corrected chi connectivity index (χ1v) is 12.2. The lowest BCUT2D eigenvalue weighted by molar-refractivity contribution is 0.0991. The van der Waals surface area contributed by atoms with Crippen LogP contribution in [0.1, 0.15) is 21.6 Å². The summed E-state index contributed by atoms with van der Waals surface area (Å²) in [5.74, 6) is -1.29. The number of hydrogen-bond acceptors (Lipinski definition) is 7. The number of aromatic nitrogens is 3. The Morgan fingerprint density at radius 2 is 1.80 bits per heavy atom. The Kier molecular flexibility index (Phi) is 7.00. The number of methoxy groups -OCH3 is 1. The van der Waals surface area contributed by atoms with Crippen molar-refractivity contribution in [2.75, 3.05) is 12.8 Å². The Hall–Kier alpha value is -5.12. The monoisotopic (exact) mass is 542 g/mol. The molecule has 2 aromatic carbocycles. The highest BCUT2D eigenvalue weighted by Gasteiger charge is 2.20. The van der Waals surface area contributed by atoms with Crippen LogP contribution in [0.4, 0.5) is 14.5 Å². The number of ether oxygens (including phenoxy) is 2. The van der Waals surface area contributed by atoms with Gasteiger partial charge in [-0.05, 0) is 48.4 Å². The molecule has 10 heteroatoms. The molecule has 5 rings (SSSR count). The normalized spacial score (nSPS) is 11.0. The molecular formula is C30H24F2N4O4. The van der Waals surface area contributed by atoms with Gasteiger partial charge in [0.2, 0.25) is 5.88 Å². The van der Waals surface area contributed by atoms with Gasteiger partial charge in [0.15, 0.2) is 28.5 Å². The number of carbonyl (C=O) groups excluding carboxylic acids is 1. The Balaban J connectivity index is 1.42. The molecule has 0 unspecified atom stereocenters. The molecule has 40 heavy (non-hydrogen) atoms. The number of nitrogens with two attached hydrogens (primary N) is 1. The highest BCUT2D eigenvalue weighted by atomic mass is 19.1. The van der Waals surface area contributed by atoms with Gasteiger partial charge in [-0.25, -0.2) is 13.8 Å². The molecule has 0 aliphatic heterocycles. The van der Waals surface area contributed by atoms with Crippen LogP contribution in [0, 0.1) is 18.6 Å². The number of nitrogen functional groups attached to an aromatic ring is 1. The summed E-state index contributed by atoms with van der Waals surface area (Å²) in [5.41, 5.74) is 8.24. The number of aryl methyl sites for hydroxylation is 1. The van der Waals surface area contributed by atoms with E-state index in [9.17, 15) is 14.0 Å². The molecule has 202 valence electrons. The van der Waals surface area contributed by atoms with Crippen molar-refractivity contribution in [1.29, 1.82) is 0 Å². The van der Waals surface area contributed by atoms with Gasteiger partial charge in [0, 0.05) is 43.2 Å². The Morgan fingerprint density at radius 3 is 2.50 bits per heavy atom. The number of rotatable bonds is 7. The number of carbonyl (C=O) groups is 1. The highest BCUT2D eigenvalue weighted by Crippen LogP contribution is 2.33. The third-order valence-electron chi connectivity index (χ3n) is 6.56. The quantitative estimate of drug-likeness (QED) is 0.275. The van der Waals surface area contributed by atoms with Gasteiger partial charge < -0.3 is 19.8 Å². The second kappa shape index (κ2) is 10.6. The number of anilines is 1. The molecular weight excluding hydrogens is 518 g/mol. The fraction of sp³-hybridized carbons (Fsp3) is 0.133. The number of hydrogen-bond donors (Lipinski definition) is 1. The molecule has 0 bridgehead atoms. The predicted molar refractivity (Wildman–Crippen MR) is 147 cm³/mol. The van der Waals surface area contributed by atoms with Gasteiger partial charge >= 0.3 is 0 Å². The van der Waals surface area contributed by atoms with Gasteiger partial charge in [-0.2, -0.15) is 0 Å². The third kappa shape index (κ3) is 4.98. The van der Waals surface area contributed by atoms with Crippen LogP contribution in [-0.2, 0) is 13.5 Å². The summed E-state index contributed by atoms with van der Waals surface area (Å²) in [6.45, 7) is 1.75. The number of fused-ring (bicyclic) bond motifs is 1. The standard InChI is InChI=1S/C30H24F2N4O4/c1-16-27(18-5-7-19(31)8-6-18)29(38)20(15-36(16)2)24(37)13-17-4-9-25(21(32)12-17)40-26-10-11-34-23-14-22(33)30(39-3)35-28(23)26/h4-12,14-15H,13,33H2,1-3H3. The summed E-state index contributed by atoms with van der Waals surface area (Å²) in [6.07, 6.45) is 2.73. The number of pyridine rings is 3. The molecule has 5 aromatic rings. The van der Waals surface area contributed by atoms with Crippen molar-refractivity contribution in [1.82, 2.24) is 14.5 Å². The Bertz CT molecular complexity index is 1840. The maximum atomic E-state index is 15.1. The second-order valence-corrected chi connectivity index (χ2v) is 9.18. The van der Waals surface area contributed by atoms with Crippen LogP contribution in [0.15, 0.2) is 71.8 Å². The van der Waals surface area contributed by atoms with Crippen molar-refractivity contribution in [3.05, 3.63) is 106 Å². The summed E-state index contributed by atoms with van der Waals surface area (Å²) in [7, 11) is 3.14. The summed E-state index contributed by atoms with van der Waals surface area (Å²) >= 11 is 0. The van der Waals surface area contributed by atoms with E-state index in [2.05, 4.69) is 9.97 Å². The van der Waals surface area contributed by atoms with Crippen molar-refractivity contribution < 1.29 is 23.0 Å².